The number of carbonyl (C=O) groups excluding carboxylic acids is 1. The van der Waals surface area contributed by atoms with Crippen LogP contribution in [0.2, 0.25) is 0 Å². The third-order valence-electron chi connectivity index (χ3n) is 2.38. The third-order valence-corrected chi connectivity index (χ3v) is 2.38. The lowest BCUT2D eigenvalue weighted by molar-refractivity contribution is -0.121. The summed E-state index contributed by atoms with van der Waals surface area (Å²) in [7, 11) is 0. The van der Waals surface area contributed by atoms with Crippen molar-refractivity contribution in [2.45, 2.75) is 39.3 Å². The molecule has 1 amide bonds. The second-order valence-electron chi connectivity index (χ2n) is 4.40. The average molecular weight is 235 g/mol. The number of aromatic nitrogens is 1. The average Bonchev–Trinajstić information content (AvgIpc) is 2.29. The van der Waals surface area contributed by atoms with Gasteiger partial charge in [-0.1, -0.05) is 6.07 Å². The molecule has 4 nitrogen and oxygen atoms in total. The minimum absolute atomic E-state index is 0.0840. The number of nitrogens with zero attached hydrogens (tertiary/aromatic N) is 1. The van der Waals surface area contributed by atoms with Gasteiger partial charge in [-0.2, -0.15) is 0 Å². The van der Waals surface area contributed by atoms with Crippen molar-refractivity contribution in [1.82, 2.24) is 15.6 Å². The van der Waals surface area contributed by atoms with E-state index >= 15 is 0 Å². The maximum Gasteiger partial charge on any atom is 0.221 e. The Balaban J connectivity index is 2.25. The number of hydrogen-bond donors (Lipinski definition) is 2. The molecule has 1 rings (SSSR count). The van der Waals surface area contributed by atoms with Gasteiger partial charge in [-0.25, -0.2) is 0 Å². The molecule has 4 heteroatoms. The van der Waals surface area contributed by atoms with E-state index < -0.39 is 0 Å². The van der Waals surface area contributed by atoms with Crippen LogP contribution in [-0.4, -0.2) is 23.5 Å². The molecule has 1 heterocycles. The van der Waals surface area contributed by atoms with Gasteiger partial charge >= 0.3 is 0 Å². The fraction of sp³-hybridized carbons (Fsp3) is 0.538. The quantitative estimate of drug-likeness (QED) is 0.788. The van der Waals surface area contributed by atoms with Crippen LogP contribution in [-0.2, 0) is 4.79 Å². The highest BCUT2D eigenvalue weighted by molar-refractivity contribution is 5.76. The summed E-state index contributed by atoms with van der Waals surface area (Å²) in [6, 6.07) is 6.21. The first-order valence-electron chi connectivity index (χ1n) is 6.03. The van der Waals surface area contributed by atoms with E-state index in [4.69, 9.17) is 0 Å². The van der Waals surface area contributed by atoms with E-state index in [1.807, 2.05) is 39.0 Å². The van der Waals surface area contributed by atoms with Gasteiger partial charge in [0.15, 0.2) is 0 Å². The van der Waals surface area contributed by atoms with Gasteiger partial charge in [0.05, 0.1) is 5.69 Å². The minimum atomic E-state index is 0.0840. The molecule has 1 aromatic rings. The van der Waals surface area contributed by atoms with Crippen LogP contribution in [0.5, 0.6) is 0 Å². The van der Waals surface area contributed by atoms with E-state index in [9.17, 15) is 4.79 Å². The van der Waals surface area contributed by atoms with E-state index in [1.165, 1.54) is 0 Å². The maximum absolute atomic E-state index is 11.4. The van der Waals surface area contributed by atoms with Gasteiger partial charge in [0.1, 0.15) is 0 Å². The molecule has 94 valence electrons. The van der Waals surface area contributed by atoms with Gasteiger partial charge in [-0.15, -0.1) is 0 Å². The van der Waals surface area contributed by atoms with Crippen molar-refractivity contribution in [2.24, 2.45) is 0 Å². The number of pyridine rings is 1. The fourth-order valence-electron chi connectivity index (χ4n) is 1.53. The molecule has 0 aliphatic carbocycles. The summed E-state index contributed by atoms with van der Waals surface area (Å²) in [6.45, 7) is 6.63. The van der Waals surface area contributed by atoms with E-state index in [0.717, 1.165) is 5.69 Å². The van der Waals surface area contributed by atoms with Crippen LogP contribution in [0.15, 0.2) is 24.4 Å². The summed E-state index contributed by atoms with van der Waals surface area (Å²) >= 11 is 0. The monoisotopic (exact) mass is 235 g/mol. The smallest absolute Gasteiger partial charge is 0.221 e. The first-order chi connectivity index (χ1) is 8.09. The zero-order valence-corrected chi connectivity index (χ0v) is 10.7. The number of rotatable bonds is 6. The SMILES string of the molecule is CC(C)NC(=O)CCN[C@@H](C)c1ccccn1. The Hall–Kier alpha value is -1.42. The van der Waals surface area contributed by atoms with Crippen LogP contribution >= 0.6 is 0 Å². The lowest BCUT2D eigenvalue weighted by Crippen LogP contribution is -2.33. The summed E-state index contributed by atoms with van der Waals surface area (Å²) in [5.74, 6) is 0.0840. The molecule has 0 saturated carbocycles. The van der Waals surface area contributed by atoms with Crippen LogP contribution in [0, 0.1) is 0 Å². The van der Waals surface area contributed by atoms with E-state index in [1.54, 1.807) is 6.20 Å². The van der Waals surface area contributed by atoms with Crippen molar-refractivity contribution < 1.29 is 4.79 Å². The first kappa shape index (κ1) is 13.6. The predicted molar refractivity (Wildman–Crippen MR) is 68.6 cm³/mol. The van der Waals surface area contributed by atoms with Gasteiger partial charge in [0.2, 0.25) is 5.91 Å². The molecule has 17 heavy (non-hydrogen) atoms. The highest BCUT2D eigenvalue weighted by Crippen LogP contribution is 2.07. The Labute approximate surface area is 103 Å². The third kappa shape index (κ3) is 5.45. The summed E-state index contributed by atoms with van der Waals surface area (Å²) in [5.41, 5.74) is 0.997. The summed E-state index contributed by atoms with van der Waals surface area (Å²) in [6.07, 6.45) is 2.27. The van der Waals surface area contributed by atoms with Crippen LogP contribution < -0.4 is 10.6 Å². The molecule has 1 atom stereocenters. The van der Waals surface area contributed by atoms with Crippen molar-refractivity contribution >= 4 is 5.91 Å². The topological polar surface area (TPSA) is 54.0 Å². The lowest BCUT2D eigenvalue weighted by Gasteiger charge is -2.13. The van der Waals surface area contributed by atoms with Gasteiger partial charge in [0.25, 0.3) is 0 Å². The summed E-state index contributed by atoms with van der Waals surface area (Å²) in [4.78, 5) is 15.7. The molecule has 0 saturated heterocycles. The van der Waals surface area contributed by atoms with E-state index in [0.29, 0.717) is 13.0 Å². The van der Waals surface area contributed by atoms with E-state index in [-0.39, 0.29) is 18.0 Å². The summed E-state index contributed by atoms with van der Waals surface area (Å²) < 4.78 is 0. The maximum atomic E-state index is 11.4. The summed E-state index contributed by atoms with van der Waals surface area (Å²) in [5, 5.41) is 6.14. The molecular formula is C13H21N3O. The molecule has 0 spiro atoms. The van der Waals surface area contributed by atoms with Crippen LogP contribution in [0.4, 0.5) is 0 Å². The van der Waals surface area contributed by atoms with Gasteiger partial charge in [0, 0.05) is 31.2 Å². The van der Waals surface area contributed by atoms with Crippen molar-refractivity contribution in [3.8, 4) is 0 Å². The molecule has 1 aromatic heterocycles. The second kappa shape index (κ2) is 7.01. The molecule has 0 aliphatic rings. The molecule has 0 aliphatic heterocycles. The highest BCUT2D eigenvalue weighted by Gasteiger charge is 2.07. The first-order valence-corrected chi connectivity index (χ1v) is 6.03. The molecule has 0 fully saturated rings. The minimum Gasteiger partial charge on any atom is -0.354 e. The highest BCUT2D eigenvalue weighted by atomic mass is 16.1. The molecule has 0 aromatic carbocycles. The zero-order valence-electron chi connectivity index (χ0n) is 10.7. The molecule has 0 unspecified atom stereocenters. The Bertz CT molecular complexity index is 338. The van der Waals surface area contributed by atoms with Crippen molar-refractivity contribution in [3.05, 3.63) is 30.1 Å². The predicted octanol–water partition coefficient (Wildman–Crippen LogP) is 1.65. The van der Waals surface area contributed by atoms with Gasteiger partial charge in [-0.3, -0.25) is 9.78 Å². The number of hydrogen-bond acceptors (Lipinski definition) is 3. The molecule has 2 N–H and O–H groups in total. The molecule has 0 radical (unpaired) electrons. The van der Waals surface area contributed by atoms with E-state index in [2.05, 4.69) is 15.6 Å². The Morgan fingerprint density at radius 1 is 1.35 bits per heavy atom. The van der Waals surface area contributed by atoms with Crippen molar-refractivity contribution in [2.75, 3.05) is 6.54 Å². The van der Waals surface area contributed by atoms with Crippen LogP contribution in [0.25, 0.3) is 0 Å². The van der Waals surface area contributed by atoms with Crippen LogP contribution in [0.1, 0.15) is 38.9 Å². The van der Waals surface area contributed by atoms with Gasteiger partial charge in [-0.05, 0) is 32.9 Å². The number of nitrogens with one attached hydrogen (secondary N) is 2. The van der Waals surface area contributed by atoms with Gasteiger partial charge < -0.3 is 10.6 Å². The molecule has 0 bridgehead atoms. The van der Waals surface area contributed by atoms with Crippen LogP contribution in [0.3, 0.4) is 0 Å². The largest absolute Gasteiger partial charge is 0.354 e. The van der Waals surface area contributed by atoms with Crippen molar-refractivity contribution in [3.63, 3.8) is 0 Å². The zero-order chi connectivity index (χ0) is 12.7. The Morgan fingerprint density at radius 2 is 2.12 bits per heavy atom. The Kier molecular flexibility index (Phi) is 5.63. The van der Waals surface area contributed by atoms with Crippen molar-refractivity contribution in [1.29, 1.82) is 0 Å². The number of carbonyl (C=O) groups is 1. The lowest BCUT2D eigenvalue weighted by atomic mass is 10.2. The second-order valence-corrected chi connectivity index (χ2v) is 4.40. The standard InChI is InChI=1S/C13H21N3O/c1-10(2)16-13(17)7-9-14-11(3)12-6-4-5-8-15-12/h4-6,8,10-11,14H,7,9H2,1-3H3,(H,16,17)/t11-/m0/s1. The normalized spacial score (nSPS) is 12.5. The fourth-order valence-corrected chi connectivity index (χ4v) is 1.53. The number of amides is 1. The Morgan fingerprint density at radius 3 is 2.71 bits per heavy atom. The molecular weight excluding hydrogens is 214 g/mol.